The Morgan fingerprint density at radius 2 is 1.74 bits per heavy atom. The minimum Gasteiger partial charge on any atom is -0.497 e. The normalized spacial score (nSPS) is 13.2. The quantitative estimate of drug-likeness (QED) is 0.452. The van der Waals surface area contributed by atoms with Gasteiger partial charge in [0.05, 0.1) is 12.9 Å². The molecule has 0 bridgehead atoms. The molecule has 1 aliphatic heterocycles. The van der Waals surface area contributed by atoms with E-state index in [9.17, 15) is 9.59 Å². The van der Waals surface area contributed by atoms with Gasteiger partial charge in [0, 0.05) is 25.2 Å². The lowest BCUT2D eigenvalue weighted by Gasteiger charge is -2.27. The van der Waals surface area contributed by atoms with Crippen LogP contribution in [-0.4, -0.2) is 62.7 Å². The van der Waals surface area contributed by atoms with Crippen LogP contribution < -0.4 is 4.74 Å². The number of aromatic nitrogens is 3. The first kappa shape index (κ1) is 23.6. The number of nitrogens with zero attached hydrogens (tertiary/aromatic N) is 5. The Hall–Kier alpha value is -3.53. The van der Waals surface area contributed by atoms with Crippen molar-refractivity contribution in [2.24, 2.45) is 0 Å². The van der Waals surface area contributed by atoms with Gasteiger partial charge in [0.15, 0.2) is 11.0 Å². The lowest BCUT2D eigenvalue weighted by atomic mass is 10.2. The van der Waals surface area contributed by atoms with Crippen LogP contribution >= 0.6 is 11.8 Å². The molecule has 9 nitrogen and oxygen atoms in total. The van der Waals surface area contributed by atoms with E-state index in [0.717, 1.165) is 22.7 Å². The summed E-state index contributed by atoms with van der Waals surface area (Å²) < 4.78 is 12.6. The molecule has 0 spiro atoms. The minimum absolute atomic E-state index is 0.142. The highest BCUT2D eigenvalue weighted by Gasteiger charge is 2.32. The average molecular weight is 482 g/mol. The molecule has 0 N–H and O–H groups in total. The molecule has 2 aromatic carbocycles. The molecule has 1 saturated heterocycles. The molecule has 1 aromatic heterocycles. The first-order valence-corrected chi connectivity index (χ1v) is 12.1. The average Bonchev–Trinajstić information content (AvgIpc) is 3.54. The summed E-state index contributed by atoms with van der Waals surface area (Å²) in [6.45, 7) is 3.77. The lowest BCUT2D eigenvalue weighted by Crippen LogP contribution is -2.45. The van der Waals surface area contributed by atoms with Crippen LogP contribution in [0.1, 0.15) is 18.9 Å². The van der Waals surface area contributed by atoms with Crippen molar-refractivity contribution in [2.45, 2.75) is 31.7 Å². The highest BCUT2D eigenvalue weighted by Crippen LogP contribution is 2.26. The second-order valence-corrected chi connectivity index (χ2v) is 8.54. The molecule has 2 amide bonds. The van der Waals surface area contributed by atoms with Crippen LogP contribution in [-0.2, 0) is 22.7 Å². The molecule has 0 unspecified atom stereocenters. The molecule has 0 atom stereocenters. The summed E-state index contributed by atoms with van der Waals surface area (Å²) >= 11 is 1.31. The lowest BCUT2D eigenvalue weighted by molar-refractivity contribution is -0.138. The second kappa shape index (κ2) is 11.1. The number of ether oxygens (including phenoxy) is 2. The summed E-state index contributed by atoms with van der Waals surface area (Å²) in [5.41, 5.74) is 1.82. The van der Waals surface area contributed by atoms with E-state index in [1.54, 1.807) is 7.11 Å². The zero-order chi connectivity index (χ0) is 23.9. The molecule has 3 aromatic rings. The zero-order valence-corrected chi connectivity index (χ0v) is 20.0. The van der Waals surface area contributed by atoms with Gasteiger partial charge in [0.1, 0.15) is 12.4 Å². The Balaban J connectivity index is 1.37. The van der Waals surface area contributed by atoms with Crippen LogP contribution in [0.4, 0.5) is 4.79 Å². The predicted octanol–water partition coefficient (Wildman–Crippen LogP) is 3.85. The SMILES string of the molecule is CCn1c(SCC(=O)N2CCCN2C(=O)OCc2ccccc2)nnc1-c1ccc(OC)cc1. The van der Waals surface area contributed by atoms with Crippen LogP contribution in [0.5, 0.6) is 5.75 Å². The first-order chi connectivity index (χ1) is 16.6. The van der Waals surface area contributed by atoms with Crippen molar-refractivity contribution in [1.29, 1.82) is 0 Å². The van der Waals surface area contributed by atoms with Crippen LogP contribution in [0.25, 0.3) is 11.4 Å². The van der Waals surface area contributed by atoms with E-state index in [1.807, 2.05) is 66.1 Å². The molecule has 1 fully saturated rings. The number of carbonyl (C=O) groups excluding carboxylic acids is 2. The van der Waals surface area contributed by atoms with E-state index in [0.29, 0.717) is 31.2 Å². The van der Waals surface area contributed by atoms with Gasteiger partial charge in [-0.2, -0.15) is 0 Å². The van der Waals surface area contributed by atoms with E-state index in [-0.39, 0.29) is 18.3 Å². The highest BCUT2D eigenvalue weighted by atomic mass is 32.2. The molecule has 34 heavy (non-hydrogen) atoms. The topological polar surface area (TPSA) is 89.8 Å². The summed E-state index contributed by atoms with van der Waals surface area (Å²) in [5.74, 6) is 1.47. The monoisotopic (exact) mass is 481 g/mol. The van der Waals surface area contributed by atoms with Gasteiger partial charge in [-0.05, 0) is 43.2 Å². The van der Waals surface area contributed by atoms with Crippen molar-refractivity contribution in [2.75, 3.05) is 26.0 Å². The number of rotatable bonds is 8. The summed E-state index contributed by atoms with van der Waals surface area (Å²) in [5, 5.41) is 12.1. The largest absolute Gasteiger partial charge is 0.497 e. The maximum absolute atomic E-state index is 12.9. The number of hydrogen-bond acceptors (Lipinski definition) is 7. The molecule has 178 valence electrons. The van der Waals surface area contributed by atoms with Gasteiger partial charge < -0.3 is 14.0 Å². The third kappa shape index (κ3) is 5.33. The Morgan fingerprint density at radius 1 is 1.00 bits per heavy atom. The number of amides is 2. The molecular formula is C24H27N5O4S. The number of benzene rings is 2. The van der Waals surface area contributed by atoms with E-state index in [4.69, 9.17) is 9.47 Å². The van der Waals surface area contributed by atoms with Crippen molar-refractivity contribution in [1.82, 2.24) is 24.8 Å². The van der Waals surface area contributed by atoms with Gasteiger partial charge in [-0.15, -0.1) is 10.2 Å². The molecular weight excluding hydrogens is 454 g/mol. The maximum atomic E-state index is 12.9. The number of hydrogen-bond donors (Lipinski definition) is 0. The highest BCUT2D eigenvalue weighted by molar-refractivity contribution is 7.99. The van der Waals surface area contributed by atoms with E-state index in [2.05, 4.69) is 10.2 Å². The molecule has 2 heterocycles. The number of thioether (sulfide) groups is 1. The summed E-state index contributed by atoms with van der Waals surface area (Å²) in [7, 11) is 1.62. The fourth-order valence-electron chi connectivity index (χ4n) is 3.69. The predicted molar refractivity (Wildman–Crippen MR) is 128 cm³/mol. The molecule has 1 aliphatic rings. The second-order valence-electron chi connectivity index (χ2n) is 7.60. The standard InChI is InChI=1S/C24H27N5O4S/c1-3-27-22(19-10-12-20(32-2)13-11-19)25-26-23(27)34-17-21(30)28-14-7-15-29(28)24(31)33-16-18-8-5-4-6-9-18/h4-6,8-13H,3,7,14-17H2,1-2H3. The van der Waals surface area contributed by atoms with Crippen LogP contribution in [0, 0.1) is 0 Å². The van der Waals surface area contributed by atoms with Crippen molar-refractivity contribution in [3.8, 4) is 17.1 Å². The van der Waals surface area contributed by atoms with Gasteiger partial charge >= 0.3 is 6.09 Å². The Kier molecular flexibility index (Phi) is 7.69. The van der Waals surface area contributed by atoms with Crippen molar-refractivity contribution < 1.29 is 19.1 Å². The van der Waals surface area contributed by atoms with Gasteiger partial charge in [0.2, 0.25) is 0 Å². The third-order valence-corrected chi connectivity index (χ3v) is 6.39. The van der Waals surface area contributed by atoms with E-state index in [1.165, 1.54) is 21.8 Å². The molecule has 4 rings (SSSR count). The zero-order valence-electron chi connectivity index (χ0n) is 19.2. The van der Waals surface area contributed by atoms with Crippen LogP contribution in [0.15, 0.2) is 59.8 Å². The smallest absolute Gasteiger partial charge is 0.429 e. The molecule has 0 aliphatic carbocycles. The fourth-order valence-corrected chi connectivity index (χ4v) is 4.56. The minimum atomic E-state index is -0.516. The molecule has 10 heteroatoms. The van der Waals surface area contributed by atoms with Gasteiger partial charge in [-0.1, -0.05) is 42.1 Å². The van der Waals surface area contributed by atoms with E-state index >= 15 is 0 Å². The Bertz CT molecular complexity index is 1120. The van der Waals surface area contributed by atoms with Crippen molar-refractivity contribution in [3.05, 3.63) is 60.2 Å². The number of hydrazine groups is 1. The third-order valence-electron chi connectivity index (χ3n) is 5.44. The fraction of sp³-hybridized carbons (Fsp3) is 0.333. The first-order valence-electron chi connectivity index (χ1n) is 11.1. The molecule has 0 saturated carbocycles. The maximum Gasteiger partial charge on any atom is 0.429 e. The van der Waals surface area contributed by atoms with E-state index < -0.39 is 6.09 Å². The Morgan fingerprint density at radius 3 is 2.44 bits per heavy atom. The Labute approximate surface area is 202 Å². The summed E-state index contributed by atoms with van der Waals surface area (Å²) in [6.07, 6.45) is 0.196. The van der Waals surface area contributed by atoms with Crippen molar-refractivity contribution >= 4 is 23.8 Å². The summed E-state index contributed by atoms with van der Waals surface area (Å²) in [4.78, 5) is 25.5. The van der Waals surface area contributed by atoms with Gasteiger partial charge in [-0.25, -0.2) is 14.8 Å². The number of carbonyl (C=O) groups is 2. The van der Waals surface area contributed by atoms with Crippen LogP contribution in [0.2, 0.25) is 0 Å². The summed E-state index contributed by atoms with van der Waals surface area (Å²) in [6, 6.07) is 17.1. The molecule has 0 radical (unpaired) electrons. The van der Waals surface area contributed by atoms with Crippen molar-refractivity contribution in [3.63, 3.8) is 0 Å². The van der Waals surface area contributed by atoms with Gasteiger partial charge in [-0.3, -0.25) is 4.79 Å². The number of methoxy groups -OCH3 is 1. The van der Waals surface area contributed by atoms with Crippen LogP contribution in [0.3, 0.4) is 0 Å². The van der Waals surface area contributed by atoms with Gasteiger partial charge in [0.25, 0.3) is 5.91 Å².